The molecule has 180 valence electrons. The van der Waals surface area contributed by atoms with Crippen LogP contribution in [-0.2, 0) is 12.8 Å². The van der Waals surface area contributed by atoms with Gasteiger partial charge in [0.15, 0.2) is 5.76 Å². The molecule has 0 bridgehead atoms. The van der Waals surface area contributed by atoms with Crippen molar-refractivity contribution in [2.24, 2.45) is 5.10 Å². The maximum absolute atomic E-state index is 12.9. The molecule has 0 radical (unpaired) electrons. The van der Waals surface area contributed by atoms with Crippen LogP contribution in [0.25, 0.3) is 0 Å². The van der Waals surface area contributed by atoms with Crippen LogP contribution in [0.1, 0.15) is 52.8 Å². The van der Waals surface area contributed by atoms with Crippen LogP contribution in [-0.4, -0.2) is 21.5 Å². The first kappa shape index (κ1) is 23.6. The number of aryl methyl sites for hydroxylation is 2. The summed E-state index contributed by atoms with van der Waals surface area (Å²) in [6, 6.07) is 10.9. The molecule has 0 saturated carbocycles. The van der Waals surface area contributed by atoms with Crippen molar-refractivity contribution < 1.29 is 19.1 Å². The zero-order valence-corrected chi connectivity index (χ0v) is 19.2. The first-order valence-corrected chi connectivity index (χ1v) is 11.1. The average molecular weight is 477 g/mol. The number of amides is 1. The van der Waals surface area contributed by atoms with Crippen LogP contribution in [0, 0.1) is 27.2 Å². The highest BCUT2D eigenvalue weighted by molar-refractivity contribution is 6.09. The monoisotopic (exact) mass is 477 g/mol. The van der Waals surface area contributed by atoms with Crippen LogP contribution in [0.4, 0.5) is 22.7 Å². The second-order valence-electron chi connectivity index (χ2n) is 8.10. The van der Waals surface area contributed by atoms with Gasteiger partial charge < -0.3 is 9.73 Å². The Bertz CT molecular complexity index is 1340. The molecule has 11 heteroatoms. The van der Waals surface area contributed by atoms with Crippen molar-refractivity contribution in [2.75, 3.05) is 10.7 Å². The lowest BCUT2D eigenvalue weighted by atomic mass is 9.93. The number of rotatable bonds is 7. The Morgan fingerprint density at radius 1 is 1.09 bits per heavy atom. The van der Waals surface area contributed by atoms with Crippen LogP contribution < -0.4 is 10.7 Å². The maximum atomic E-state index is 12.9. The molecule has 1 aliphatic carbocycles. The smallest absolute Gasteiger partial charge is 0.301 e. The molecule has 0 atom stereocenters. The predicted molar refractivity (Wildman–Crippen MR) is 130 cm³/mol. The molecule has 1 aromatic heterocycles. The van der Waals surface area contributed by atoms with E-state index in [0.29, 0.717) is 41.1 Å². The highest BCUT2D eigenvalue weighted by atomic mass is 16.6. The summed E-state index contributed by atoms with van der Waals surface area (Å²) in [6.07, 6.45) is 2.83. The van der Waals surface area contributed by atoms with Crippen LogP contribution in [0.3, 0.4) is 0 Å². The number of anilines is 2. The Hall–Kier alpha value is -4.54. The van der Waals surface area contributed by atoms with Crippen molar-refractivity contribution in [2.45, 2.75) is 39.5 Å². The van der Waals surface area contributed by atoms with Gasteiger partial charge in [-0.1, -0.05) is 19.1 Å². The van der Waals surface area contributed by atoms with Gasteiger partial charge in [-0.05, 0) is 49.9 Å². The fourth-order valence-electron chi connectivity index (χ4n) is 4.02. The first-order chi connectivity index (χ1) is 16.8. The van der Waals surface area contributed by atoms with Gasteiger partial charge >= 0.3 is 5.69 Å². The van der Waals surface area contributed by atoms with Gasteiger partial charge in [0.25, 0.3) is 11.6 Å². The van der Waals surface area contributed by atoms with Crippen LogP contribution in [0.5, 0.6) is 0 Å². The summed E-state index contributed by atoms with van der Waals surface area (Å²) < 4.78 is 5.90. The largest absolute Gasteiger partial charge is 0.455 e. The summed E-state index contributed by atoms with van der Waals surface area (Å²) in [4.78, 5) is 33.9. The number of nitro benzene ring substituents is 2. The minimum atomic E-state index is -0.708. The zero-order valence-electron chi connectivity index (χ0n) is 19.2. The molecule has 11 nitrogen and oxygen atoms in total. The van der Waals surface area contributed by atoms with E-state index in [1.54, 1.807) is 6.92 Å². The van der Waals surface area contributed by atoms with Gasteiger partial charge in [0.2, 0.25) is 0 Å². The number of furan rings is 1. The second kappa shape index (κ2) is 9.75. The van der Waals surface area contributed by atoms with Gasteiger partial charge in [0.05, 0.1) is 21.6 Å². The summed E-state index contributed by atoms with van der Waals surface area (Å²) in [7, 11) is 0. The molecule has 1 amide bonds. The van der Waals surface area contributed by atoms with E-state index in [2.05, 4.69) is 22.8 Å². The number of nitro groups is 2. The molecule has 1 heterocycles. The minimum absolute atomic E-state index is 0.0230. The molecule has 35 heavy (non-hydrogen) atoms. The highest BCUT2D eigenvalue weighted by Crippen LogP contribution is 2.32. The second-order valence-corrected chi connectivity index (χ2v) is 8.10. The number of nitrogens with one attached hydrogen (secondary N) is 2. The Morgan fingerprint density at radius 3 is 2.49 bits per heavy atom. The molecular formula is C24H23N5O6. The number of carbonyl (C=O) groups is 1. The lowest BCUT2D eigenvalue weighted by molar-refractivity contribution is -0.393. The molecule has 4 rings (SSSR count). The summed E-state index contributed by atoms with van der Waals surface area (Å²) in [5.41, 5.74) is 5.57. The van der Waals surface area contributed by atoms with Gasteiger partial charge in [-0.25, -0.2) is 0 Å². The van der Waals surface area contributed by atoms with Crippen molar-refractivity contribution >= 4 is 34.4 Å². The quantitative estimate of drug-likeness (QED) is 0.342. The molecule has 0 spiro atoms. The zero-order chi connectivity index (χ0) is 25.1. The fraction of sp³-hybridized carbons (Fsp3) is 0.250. The third-order valence-corrected chi connectivity index (χ3v) is 5.85. The number of hydrogen-bond acceptors (Lipinski definition) is 8. The normalized spacial score (nSPS) is 13.8. The SMILES string of the molecule is CCc1ccc(NC(=O)c2oc3c(c2C)/C(=N/Nc2ccc([N+](=O)[O-])cc2[N+](=O)[O-])CCC3)cc1. The predicted octanol–water partition coefficient (Wildman–Crippen LogP) is 5.37. The topological polar surface area (TPSA) is 153 Å². The standard InChI is InChI=1S/C24H23N5O6/c1-3-15-7-9-16(10-8-15)25-24(30)23-14(2)22-19(5-4-6-21(22)35-23)27-26-18-12-11-17(28(31)32)13-20(18)29(33)34/h7-13,26H,3-6H2,1-2H3,(H,25,30)/b27-19+. The van der Waals surface area contributed by atoms with Crippen LogP contribution in [0.15, 0.2) is 52.0 Å². The van der Waals surface area contributed by atoms with E-state index < -0.39 is 15.5 Å². The van der Waals surface area contributed by atoms with E-state index in [1.807, 2.05) is 24.3 Å². The lowest BCUT2D eigenvalue weighted by Crippen LogP contribution is -2.14. The van der Waals surface area contributed by atoms with Crippen molar-refractivity contribution in [3.05, 3.63) is 90.9 Å². The third-order valence-electron chi connectivity index (χ3n) is 5.85. The van der Waals surface area contributed by atoms with Gasteiger partial charge in [-0.15, -0.1) is 0 Å². The molecule has 0 saturated heterocycles. The van der Waals surface area contributed by atoms with Gasteiger partial charge in [-0.3, -0.25) is 30.4 Å². The number of hydrogen-bond donors (Lipinski definition) is 2. The van der Waals surface area contributed by atoms with Gasteiger partial charge in [0.1, 0.15) is 11.4 Å². The molecular weight excluding hydrogens is 454 g/mol. The molecule has 0 unspecified atom stereocenters. The molecule has 0 fully saturated rings. The molecule has 1 aliphatic rings. The van der Waals surface area contributed by atoms with Crippen molar-refractivity contribution in [3.8, 4) is 0 Å². The number of carbonyl (C=O) groups excluding carboxylic acids is 1. The number of hydrazone groups is 1. The third kappa shape index (κ3) is 4.88. The summed E-state index contributed by atoms with van der Waals surface area (Å²) in [5, 5.41) is 29.6. The summed E-state index contributed by atoms with van der Waals surface area (Å²) in [5.74, 6) is 0.434. The lowest BCUT2D eigenvalue weighted by Gasteiger charge is -2.13. The molecule has 0 aliphatic heterocycles. The van der Waals surface area contributed by atoms with E-state index in [1.165, 1.54) is 12.1 Å². The van der Waals surface area contributed by atoms with E-state index >= 15 is 0 Å². The Morgan fingerprint density at radius 2 is 1.83 bits per heavy atom. The van der Waals surface area contributed by atoms with Crippen molar-refractivity contribution in [1.29, 1.82) is 0 Å². The average Bonchev–Trinajstić information content (AvgIpc) is 3.20. The minimum Gasteiger partial charge on any atom is -0.455 e. The maximum Gasteiger partial charge on any atom is 0.301 e. The van der Waals surface area contributed by atoms with Crippen molar-refractivity contribution in [3.63, 3.8) is 0 Å². The van der Waals surface area contributed by atoms with E-state index in [0.717, 1.165) is 24.5 Å². The Labute approximate surface area is 200 Å². The van der Waals surface area contributed by atoms with Gasteiger partial charge in [0, 0.05) is 29.3 Å². The number of nitrogens with zero attached hydrogens (tertiary/aromatic N) is 3. The Kier molecular flexibility index (Phi) is 6.58. The van der Waals surface area contributed by atoms with Gasteiger partial charge in [-0.2, -0.15) is 5.10 Å². The van der Waals surface area contributed by atoms with E-state index in [-0.39, 0.29) is 23.0 Å². The van der Waals surface area contributed by atoms with Crippen LogP contribution in [0.2, 0.25) is 0 Å². The molecule has 2 aromatic carbocycles. The summed E-state index contributed by atoms with van der Waals surface area (Å²) in [6.45, 7) is 3.82. The van der Waals surface area contributed by atoms with E-state index in [4.69, 9.17) is 4.42 Å². The molecule has 2 N–H and O–H groups in total. The molecule has 3 aromatic rings. The van der Waals surface area contributed by atoms with E-state index in [9.17, 15) is 25.0 Å². The fourth-order valence-corrected chi connectivity index (χ4v) is 4.02. The number of non-ortho nitro benzene ring substituents is 1. The van der Waals surface area contributed by atoms with Crippen molar-refractivity contribution in [1.82, 2.24) is 0 Å². The number of benzene rings is 2. The first-order valence-electron chi connectivity index (χ1n) is 11.1. The summed E-state index contributed by atoms with van der Waals surface area (Å²) >= 11 is 0. The number of fused-ring (bicyclic) bond motifs is 1. The Balaban J connectivity index is 1.60. The van der Waals surface area contributed by atoms with Crippen LogP contribution >= 0.6 is 0 Å². The highest BCUT2D eigenvalue weighted by Gasteiger charge is 2.28.